The number of benzene rings is 3. The SMILES string of the molecule is Bc1ccc(OC)c([C@H](C)CN(C)C(=O)Nc2ccc(S(=O)(=O)C3CC3)c(CNC(=O)OCc3ccccc3)c2)c1. The van der Waals surface area contributed by atoms with Gasteiger partial charge in [0.05, 0.1) is 17.3 Å². The number of likely N-dealkylation sites (N-methyl/N-ethyl adjacent to an activating group) is 1. The normalized spacial score (nSPS) is 13.6. The molecule has 0 spiro atoms. The van der Waals surface area contributed by atoms with Gasteiger partial charge in [0.2, 0.25) is 0 Å². The third-order valence-electron chi connectivity index (χ3n) is 7.03. The number of methoxy groups -OCH3 is 1. The van der Waals surface area contributed by atoms with Crippen LogP contribution in [0.5, 0.6) is 5.75 Å². The zero-order chi connectivity index (χ0) is 29.6. The Labute approximate surface area is 242 Å². The molecule has 0 heterocycles. The molecule has 1 aliphatic rings. The van der Waals surface area contributed by atoms with Crippen molar-refractivity contribution < 1.29 is 27.5 Å². The Morgan fingerprint density at radius 3 is 2.49 bits per heavy atom. The second-order valence-electron chi connectivity index (χ2n) is 10.4. The van der Waals surface area contributed by atoms with Crippen molar-refractivity contribution in [3.05, 3.63) is 83.4 Å². The lowest BCUT2D eigenvalue weighted by Crippen LogP contribution is -2.34. The fraction of sp³-hybridized carbons (Fsp3) is 0.333. The lowest BCUT2D eigenvalue weighted by atomic mass is 9.89. The lowest BCUT2D eigenvalue weighted by Gasteiger charge is -2.24. The van der Waals surface area contributed by atoms with Crippen LogP contribution in [0.1, 0.15) is 42.4 Å². The van der Waals surface area contributed by atoms with E-state index in [1.54, 1.807) is 31.2 Å². The molecule has 1 fully saturated rings. The summed E-state index contributed by atoms with van der Waals surface area (Å²) >= 11 is 0. The first-order valence-corrected chi connectivity index (χ1v) is 15.1. The largest absolute Gasteiger partial charge is 0.496 e. The summed E-state index contributed by atoms with van der Waals surface area (Å²) in [6.45, 7) is 2.48. The summed E-state index contributed by atoms with van der Waals surface area (Å²) in [5.74, 6) is 0.775. The van der Waals surface area contributed by atoms with Gasteiger partial charge in [0, 0.05) is 31.7 Å². The van der Waals surface area contributed by atoms with Crippen LogP contribution in [0.25, 0.3) is 0 Å². The maximum Gasteiger partial charge on any atom is 0.407 e. The quantitative estimate of drug-likeness (QED) is 0.337. The molecule has 41 heavy (non-hydrogen) atoms. The smallest absolute Gasteiger partial charge is 0.407 e. The van der Waals surface area contributed by atoms with E-state index in [-0.39, 0.29) is 30.0 Å². The van der Waals surface area contributed by atoms with E-state index in [1.807, 2.05) is 57.2 Å². The van der Waals surface area contributed by atoms with E-state index in [9.17, 15) is 18.0 Å². The van der Waals surface area contributed by atoms with Gasteiger partial charge in [0.15, 0.2) is 9.84 Å². The minimum absolute atomic E-state index is 0.00770. The molecular formula is C30H36BN3O6S. The van der Waals surface area contributed by atoms with E-state index in [0.717, 1.165) is 22.3 Å². The average molecular weight is 578 g/mol. The highest BCUT2D eigenvalue weighted by Crippen LogP contribution is 2.35. The summed E-state index contributed by atoms with van der Waals surface area (Å²) < 4.78 is 37.0. The topological polar surface area (TPSA) is 114 Å². The number of sulfone groups is 1. The van der Waals surface area contributed by atoms with Gasteiger partial charge in [-0.25, -0.2) is 18.0 Å². The Balaban J connectivity index is 1.44. The molecule has 0 bridgehead atoms. The number of ether oxygens (including phenoxy) is 2. The van der Waals surface area contributed by atoms with Crippen LogP contribution >= 0.6 is 0 Å². The second-order valence-corrected chi connectivity index (χ2v) is 12.6. The van der Waals surface area contributed by atoms with E-state index < -0.39 is 21.2 Å². The first-order chi connectivity index (χ1) is 19.6. The molecule has 3 aromatic carbocycles. The molecule has 9 nitrogen and oxygen atoms in total. The van der Waals surface area contributed by atoms with Crippen LogP contribution in [0.15, 0.2) is 71.6 Å². The molecule has 3 amide bonds. The van der Waals surface area contributed by atoms with Gasteiger partial charge in [-0.05, 0) is 53.8 Å². The number of hydrogen-bond acceptors (Lipinski definition) is 6. The van der Waals surface area contributed by atoms with E-state index >= 15 is 0 Å². The minimum Gasteiger partial charge on any atom is -0.496 e. The van der Waals surface area contributed by atoms with Crippen molar-refractivity contribution in [3.63, 3.8) is 0 Å². The number of alkyl carbamates (subject to hydrolysis) is 1. The standard InChI is InChI=1S/C30H36BN3O6S/c1-20(26-16-23(31)9-13-27(26)39-3)18-34(2)29(35)33-24-10-14-28(41(37,38)25-11-12-25)22(15-24)17-32-30(36)40-19-21-7-5-4-6-8-21/h4-10,13-16,20,25H,11-12,17-19,31H2,1-3H3,(H,32,36)(H,33,35)/t20-/m1/s1. The van der Waals surface area contributed by atoms with Gasteiger partial charge in [-0.1, -0.05) is 54.9 Å². The predicted octanol–water partition coefficient (Wildman–Crippen LogP) is 3.58. The molecular weight excluding hydrogens is 541 g/mol. The second kappa shape index (κ2) is 13.1. The van der Waals surface area contributed by atoms with Gasteiger partial charge in [-0.2, -0.15) is 0 Å². The van der Waals surface area contributed by atoms with Crippen molar-refractivity contribution in [2.45, 2.75) is 49.0 Å². The molecule has 1 saturated carbocycles. The van der Waals surface area contributed by atoms with Gasteiger partial charge in [-0.3, -0.25) is 0 Å². The van der Waals surface area contributed by atoms with Crippen molar-refractivity contribution in [2.75, 3.05) is 26.0 Å². The fourth-order valence-corrected chi connectivity index (χ4v) is 6.49. The molecule has 4 rings (SSSR count). The summed E-state index contributed by atoms with van der Waals surface area (Å²) in [6, 6.07) is 19.5. The van der Waals surface area contributed by atoms with Crippen molar-refractivity contribution in [1.29, 1.82) is 0 Å². The maximum atomic E-state index is 13.1. The molecule has 0 aliphatic heterocycles. The van der Waals surface area contributed by atoms with Crippen molar-refractivity contribution in [2.24, 2.45) is 0 Å². The molecule has 0 saturated heterocycles. The predicted molar refractivity (Wildman–Crippen MR) is 161 cm³/mol. The summed E-state index contributed by atoms with van der Waals surface area (Å²) in [4.78, 5) is 27.2. The summed E-state index contributed by atoms with van der Waals surface area (Å²) in [5, 5.41) is 5.08. The van der Waals surface area contributed by atoms with Crippen molar-refractivity contribution >= 4 is 41.0 Å². The molecule has 3 aromatic rings. The van der Waals surface area contributed by atoms with E-state index in [4.69, 9.17) is 9.47 Å². The third kappa shape index (κ3) is 7.82. The number of amides is 3. The van der Waals surface area contributed by atoms with Crippen molar-refractivity contribution in [1.82, 2.24) is 10.2 Å². The number of hydrogen-bond donors (Lipinski definition) is 2. The van der Waals surface area contributed by atoms with Crippen LogP contribution in [0.2, 0.25) is 0 Å². The van der Waals surface area contributed by atoms with E-state index in [0.29, 0.717) is 30.6 Å². The number of urea groups is 1. The molecule has 0 aromatic heterocycles. The Hall–Kier alpha value is -3.99. The van der Waals surface area contributed by atoms with Crippen LogP contribution in [0.3, 0.4) is 0 Å². The van der Waals surface area contributed by atoms with Crippen LogP contribution in [-0.4, -0.2) is 59.2 Å². The van der Waals surface area contributed by atoms with Gasteiger partial charge < -0.3 is 25.0 Å². The third-order valence-corrected chi connectivity index (χ3v) is 9.39. The molecule has 1 aliphatic carbocycles. The average Bonchev–Trinajstić information content (AvgIpc) is 3.82. The minimum atomic E-state index is -3.54. The van der Waals surface area contributed by atoms with Crippen LogP contribution in [0.4, 0.5) is 15.3 Å². The molecule has 11 heteroatoms. The maximum absolute atomic E-state index is 13.1. The van der Waals surface area contributed by atoms with Gasteiger partial charge >= 0.3 is 12.1 Å². The number of carbonyl (C=O) groups excluding carboxylic acids is 2. The number of nitrogens with one attached hydrogen (secondary N) is 2. The molecule has 0 radical (unpaired) electrons. The van der Waals surface area contributed by atoms with Crippen LogP contribution < -0.4 is 20.8 Å². The van der Waals surface area contributed by atoms with Gasteiger partial charge in [0.1, 0.15) is 20.2 Å². The Morgan fingerprint density at radius 2 is 1.80 bits per heavy atom. The molecule has 0 unspecified atom stereocenters. The van der Waals surface area contributed by atoms with E-state index in [1.165, 1.54) is 6.07 Å². The Kier molecular flexibility index (Phi) is 9.59. The molecule has 2 N–H and O–H groups in total. The number of rotatable bonds is 11. The van der Waals surface area contributed by atoms with Gasteiger partial charge in [0.25, 0.3) is 0 Å². The number of anilines is 1. The van der Waals surface area contributed by atoms with E-state index in [2.05, 4.69) is 16.7 Å². The zero-order valence-corrected chi connectivity index (χ0v) is 24.7. The summed E-state index contributed by atoms with van der Waals surface area (Å²) in [5.41, 5.74) is 3.75. The van der Waals surface area contributed by atoms with Crippen molar-refractivity contribution in [3.8, 4) is 5.75 Å². The fourth-order valence-electron chi connectivity index (χ4n) is 4.62. The Morgan fingerprint density at radius 1 is 1.07 bits per heavy atom. The lowest BCUT2D eigenvalue weighted by molar-refractivity contribution is 0.139. The number of carbonyl (C=O) groups is 2. The monoisotopic (exact) mass is 577 g/mol. The zero-order valence-electron chi connectivity index (χ0n) is 23.8. The first-order valence-electron chi connectivity index (χ1n) is 13.6. The Bertz CT molecular complexity index is 1500. The highest BCUT2D eigenvalue weighted by Gasteiger charge is 2.38. The van der Waals surface area contributed by atoms with Gasteiger partial charge in [-0.15, -0.1) is 0 Å². The summed E-state index contributed by atoms with van der Waals surface area (Å²) in [6.07, 6.45) is 0.557. The van der Waals surface area contributed by atoms with Crippen LogP contribution in [0, 0.1) is 0 Å². The van der Waals surface area contributed by atoms with Crippen LogP contribution in [-0.2, 0) is 27.7 Å². The highest BCUT2D eigenvalue weighted by atomic mass is 32.2. The molecule has 1 atom stereocenters. The summed E-state index contributed by atoms with van der Waals surface area (Å²) in [7, 11) is 1.79. The molecule has 216 valence electrons. The number of nitrogens with zero attached hydrogens (tertiary/aromatic N) is 1. The highest BCUT2D eigenvalue weighted by molar-refractivity contribution is 7.92. The first kappa shape index (κ1) is 30.0.